The fourth-order valence-electron chi connectivity index (χ4n) is 3.68. The zero-order chi connectivity index (χ0) is 25.2. The molecule has 0 atom stereocenters. The van der Waals surface area contributed by atoms with Gasteiger partial charge in [-0.25, -0.2) is 13.2 Å². The smallest absolute Gasteiger partial charge is 0.340 e. The van der Waals surface area contributed by atoms with Crippen LogP contribution in [0.2, 0.25) is 15.1 Å². The number of esters is 1. The molecule has 0 fully saturated rings. The number of nitrogens with zero attached hydrogens (tertiary/aromatic N) is 1. The third-order valence-corrected chi connectivity index (χ3v) is 7.98. The van der Waals surface area contributed by atoms with Crippen molar-refractivity contribution < 1.29 is 22.7 Å². The minimum Gasteiger partial charge on any atom is -0.452 e. The normalized spacial score (nSPS) is 13.7. The highest BCUT2D eigenvalue weighted by atomic mass is 35.5. The molecule has 1 aliphatic heterocycles. The fourth-order valence-corrected chi connectivity index (χ4v) is 5.84. The van der Waals surface area contributed by atoms with Crippen LogP contribution < -0.4 is 5.32 Å². The van der Waals surface area contributed by atoms with E-state index >= 15 is 0 Å². The van der Waals surface area contributed by atoms with Crippen LogP contribution in [0.4, 0.5) is 5.69 Å². The molecule has 0 unspecified atom stereocenters. The molecule has 35 heavy (non-hydrogen) atoms. The second-order valence-electron chi connectivity index (χ2n) is 7.78. The van der Waals surface area contributed by atoms with E-state index in [0.29, 0.717) is 28.7 Å². The van der Waals surface area contributed by atoms with E-state index in [4.69, 9.17) is 39.5 Å². The van der Waals surface area contributed by atoms with Crippen LogP contribution in [0.3, 0.4) is 0 Å². The molecule has 182 valence electrons. The van der Waals surface area contributed by atoms with E-state index in [9.17, 15) is 18.0 Å². The Morgan fingerprint density at radius 1 is 0.943 bits per heavy atom. The number of ether oxygens (including phenoxy) is 1. The number of rotatable bonds is 6. The molecule has 11 heteroatoms. The minimum absolute atomic E-state index is 0.0000269. The Morgan fingerprint density at radius 3 is 2.34 bits per heavy atom. The predicted molar refractivity (Wildman–Crippen MR) is 135 cm³/mol. The maximum Gasteiger partial charge on any atom is 0.340 e. The van der Waals surface area contributed by atoms with Crippen molar-refractivity contribution in [3.05, 3.63) is 92.4 Å². The molecule has 1 heterocycles. The highest BCUT2D eigenvalue weighted by Crippen LogP contribution is 2.28. The van der Waals surface area contributed by atoms with Gasteiger partial charge < -0.3 is 10.1 Å². The molecule has 3 aromatic rings. The summed E-state index contributed by atoms with van der Waals surface area (Å²) in [7, 11) is -3.90. The molecular weight excluding hydrogens is 535 g/mol. The second kappa shape index (κ2) is 10.6. The van der Waals surface area contributed by atoms with E-state index in [1.54, 1.807) is 0 Å². The molecule has 0 saturated heterocycles. The van der Waals surface area contributed by atoms with Gasteiger partial charge in [-0.05, 0) is 53.9 Å². The third kappa shape index (κ3) is 5.97. The van der Waals surface area contributed by atoms with Gasteiger partial charge in [0, 0.05) is 28.8 Å². The fraction of sp³-hybridized carbons (Fsp3) is 0.167. The van der Waals surface area contributed by atoms with Gasteiger partial charge in [-0.15, -0.1) is 0 Å². The van der Waals surface area contributed by atoms with E-state index < -0.39 is 28.5 Å². The summed E-state index contributed by atoms with van der Waals surface area (Å²) in [4.78, 5) is 24.7. The summed E-state index contributed by atoms with van der Waals surface area (Å²) < 4.78 is 32.9. The number of amides is 1. The molecule has 0 saturated carbocycles. The lowest BCUT2D eigenvalue weighted by Gasteiger charge is -2.28. The van der Waals surface area contributed by atoms with Crippen molar-refractivity contribution in [2.45, 2.75) is 17.9 Å². The van der Waals surface area contributed by atoms with Gasteiger partial charge in [0.05, 0.1) is 15.5 Å². The van der Waals surface area contributed by atoms with Gasteiger partial charge in [-0.3, -0.25) is 4.79 Å². The molecule has 0 bridgehead atoms. The quantitative estimate of drug-likeness (QED) is 0.424. The molecular formula is C24H19Cl3N2O5S. The lowest BCUT2D eigenvalue weighted by atomic mass is 10.0. The van der Waals surface area contributed by atoms with E-state index in [-0.39, 0.29) is 22.0 Å². The standard InChI is InChI=1S/C24H19Cl3N2O5S/c25-17-9-18(26)11-19(10-17)28-23(30)14-34-24(31)21-12-20(5-6-22(21)27)35(32,33)29-8-7-15-3-1-2-4-16(15)13-29/h1-6,9-12H,7-8,13-14H2,(H,28,30). The van der Waals surface area contributed by atoms with Crippen molar-refractivity contribution in [3.8, 4) is 0 Å². The van der Waals surface area contributed by atoms with E-state index in [0.717, 1.165) is 17.2 Å². The summed E-state index contributed by atoms with van der Waals surface area (Å²) in [5, 5.41) is 3.16. The number of halogens is 3. The number of nitrogens with one attached hydrogen (secondary N) is 1. The lowest BCUT2D eigenvalue weighted by Crippen LogP contribution is -2.36. The molecule has 1 N–H and O–H groups in total. The first-order chi connectivity index (χ1) is 16.6. The van der Waals surface area contributed by atoms with Gasteiger partial charge in [-0.1, -0.05) is 59.1 Å². The van der Waals surface area contributed by atoms with Crippen LogP contribution in [0.1, 0.15) is 21.5 Å². The summed E-state index contributed by atoms with van der Waals surface area (Å²) >= 11 is 17.9. The molecule has 3 aromatic carbocycles. The summed E-state index contributed by atoms with van der Waals surface area (Å²) in [5.41, 5.74) is 2.21. The highest BCUT2D eigenvalue weighted by Gasteiger charge is 2.29. The first-order valence-corrected chi connectivity index (χ1v) is 13.0. The maximum absolute atomic E-state index is 13.3. The van der Waals surface area contributed by atoms with Crippen molar-refractivity contribution in [3.63, 3.8) is 0 Å². The Bertz CT molecular complexity index is 1390. The average molecular weight is 554 g/mol. The van der Waals surface area contributed by atoms with Crippen LogP contribution in [-0.2, 0) is 32.5 Å². The maximum atomic E-state index is 13.3. The number of hydrogen-bond acceptors (Lipinski definition) is 5. The van der Waals surface area contributed by atoms with Crippen molar-refractivity contribution in [2.24, 2.45) is 0 Å². The van der Waals surface area contributed by atoms with Gasteiger partial charge >= 0.3 is 5.97 Å². The third-order valence-electron chi connectivity index (χ3n) is 5.37. The van der Waals surface area contributed by atoms with Crippen molar-refractivity contribution in [2.75, 3.05) is 18.5 Å². The first kappa shape index (κ1) is 25.5. The van der Waals surface area contributed by atoms with E-state index in [1.165, 1.54) is 34.6 Å². The number of sulfonamides is 1. The number of fused-ring (bicyclic) bond motifs is 1. The Kier molecular flexibility index (Phi) is 7.68. The molecule has 0 spiro atoms. The number of anilines is 1. The summed E-state index contributed by atoms with van der Waals surface area (Å²) in [6, 6.07) is 15.9. The zero-order valence-electron chi connectivity index (χ0n) is 18.1. The number of carbonyl (C=O) groups is 2. The van der Waals surface area contributed by atoms with Gasteiger partial charge in [0.25, 0.3) is 5.91 Å². The topological polar surface area (TPSA) is 92.8 Å². The Hall–Kier alpha value is -2.62. The van der Waals surface area contributed by atoms with Gasteiger partial charge in [0.15, 0.2) is 6.61 Å². The van der Waals surface area contributed by atoms with Gasteiger partial charge in [0.1, 0.15) is 0 Å². The van der Waals surface area contributed by atoms with Crippen LogP contribution in [0.25, 0.3) is 0 Å². The van der Waals surface area contributed by atoms with Gasteiger partial charge in [-0.2, -0.15) is 4.31 Å². The van der Waals surface area contributed by atoms with Crippen molar-refractivity contribution in [1.29, 1.82) is 0 Å². The van der Waals surface area contributed by atoms with Crippen molar-refractivity contribution >= 4 is 62.4 Å². The molecule has 7 nitrogen and oxygen atoms in total. The number of carbonyl (C=O) groups excluding carboxylic acids is 2. The molecule has 0 aliphatic carbocycles. The van der Waals surface area contributed by atoms with Crippen LogP contribution in [-0.4, -0.2) is 37.8 Å². The minimum atomic E-state index is -3.90. The van der Waals surface area contributed by atoms with Crippen LogP contribution in [0.5, 0.6) is 0 Å². The predicted octanol–water partition coefficient (Wildman–Crippen LogP) is 5.19. The average Bonchev–Trinajstić information content (AvgIpc) is 2.81. The highest BCUT2D eigenvalue weighted by molar-refractivity contribution is 7.89. The van der Waals surface area contributed by atoms with Crippen LogP contribution >= 0.6 is 34.8 Å². The van der Waals surface area contributed by atoms with Crippen LogP contribution in [0.15, 0.2) is 65.6 Å². The monoisotopic (exact) mass is 552 g/mol. The Balaban J connectivity index is 1.45. The lowest BCUT2D eigenvalue weighted by molar-refractivity contribution is -0.119. The van der Waals surface area contributed by atoms with Crippen LogP contribution in [0, 0.1) is 0 Å². The first-order valence-electron chi connectivity index (χ1n) is 10.4. The van der Waals surface area contributed by atoms with E-state index in [2.05, 4.69) is 5.32 Å². The summed E-state index contributed by atoms with van der Waals surface area (Å²) in [6.07, 6.45) is 0.588. The Morgan fingerprint density at radius 2 is 1.63 bits per heavy atom. The molecule has 4 rings (SSSR count). The summed E-state index contributed by atoms with van der Waals surface area (Å²) in [6.45, 7) is -0.0801. The number of hydrogen-bond donors (Lipinski definition) is 1. The molecule has 0 radical (unpaired) electrons. The second-order valence-corrected chi connectivity index (χ2v) is 11.0. The summed E-state index contributed by atoms with van der Waals surface area (Å²) in [5.74, 6) is -1.57. The SMILES string of the molecule is O=C(COC(=O)c1cc(S(=O)(=O)N2CCc3ccccc3C2)ccc1Cl)Nc1cc(Cl)cc(Cl)c1. The number of benzene rings is 3. The molecule has 1 aliphatic rings. The van der Waals surface area contributed by atoms with Crippen molar-refractivity contribution in [1.82, 2.24) is 4.31 Å². The van der Waals surface area contributed by atoms with E-state index in [1.807, 2.05) is 24.3 Å². The molecule has 1 amide bonds. The molecule has 0 aromatic heterocycles. The van der Waals surface area contributed by atoms with Gasteiger partial charge in [0.2, 0.25) is 10.0 Å². The Labute approximate surface area is 217 Å². The largest absolute Gasteiger partial charge is 0.452 e. The zero-order valence-corrected chi connectivity index (χ0v) is 21.2.